The second kappa shape index (κ2) is 7.91. The van der Waals surface area contributed by atoms with Gasteiger partial charge in [-0.25, -0.2) is 15.8 Å². The molecule has 3 N–H and O–H groups in total. The van der Waals surface area contributed by atoms with Crippen LogP contribution in [0.15, 0.2) is 6.33 Å². The van der Waals surface area contributed by atoms with Gasteiger partial charge in [-0.2, -0.15) is 0 Å². The Morgan fingerprint density at radius 3 is 2.74 bits per heavy atom. The van der Waals surface area contributed by atoms with E-state index in [2.05, 4.69) is 27.2 Å². The number of hydrogen-bond acceptors (Lipinski definition) is 6. The predicted octanol–water partition coefficient (Wildman–Crippen LogP) is 1.58. The maximum absolute atomic E-state index is 5.56. The van der Waals surface area contributed by atoms with Crippen molar-refractivity contribution >= 4 is 11.6 Å². The minimum absolute atomic E-state index is 0.246. The van der Waals surface area contributed by atoms with Crippen molar-refractivity contribution in [3.8, 4) is 0 Å². The summed E-state index contributed by atoms with van der Waals surface area (Å²) in [6.07, 6.45) is 3.69. The highest BCUT2D eigenvalue weighted by Gasteiger charge is 2.13. The van der Waals surface area contributed by atoms with Gasteiger partial charge >= 0.3 is 0 Å². The van der Waals surface area contributed by atoms with Crippen LogP contribution in [0, 0.1) is 0 Å². The molecule has 6 heteroatoms. The third-order valence-corrected chi connectivity index (χ3v) is 2.80. The topological polar surface area (TPSA) is 76.3 Å². The number of ether oxygens (including phenoxy) is 1. The molecule has 0 atom stereocenters. The third kappa shape index (κ3) is 4.65. The lowest BCUT2D eigenvalue weighted by Crippen LogP contribution is -2.26. The summed E-state index contributed by atoms with van der Waals surface area (Å²) in [7, 11) is 2.01. The summed E-state index contributed by atoms with van der Waals surface area (Å²) < 4.78 is 5.56. The number of nitrogens with zero attached hydrogens (tertiary/aromatic N) is 3. The Kier molecular flexibility index (Phi) is 6.52. The largest absolute Gasteiger partial charge is 0.377 e. The number of anilines is 2. The maximum Gasteiger partial charge on any atom is 0.148 e. The Hall–Kier alpha value is -1.40. The molecule has 0 spiro atoms. The number of hydrogen-bond donors (Lipinski definition) is 2. The van der Waals surface area contributed by atoms with Crippen molar-refractivity contribution in [2.24, 2.45) is 5.84 Å². The smallest absolute Gasteiger partial charge is 0.148 e. The summed E-state index contributed by atoms with van der Waals surface area (Å²) in [6.45, 7) is 7.65. The van der Waals surface area contributed by atoms with Crippen LogP contribution in [0.4, 0.5) is 11.6 Å². The monoisotopic (exact) mass is 267 g/mol. The fourth-order valence-electron chi connectivity index (χ4n) is 1.87. The molecular formula is C13H25N5O. The van der Waals surface area contributed by atoms with Gasteiger partial charge in [-0.05, 0) is 20.3 Å². The molecule has 1 aromatic rings. The van der Waals surface area contributed by atoms with Crippen LogP contribution in [0.1, 0.15) is 32.8 Å². The van der Waals surface area contributed by atoms with E-state index >= 15 is 0 Å². The van der Waals surface area contributed by atoms with Crippen molar-refractivity contribution in [3.63, 3.8) is 0 Å². The zero-order chi connectivity index (χ0) is 14.3. The van der Waals surface area contributed by atoms with E-state index < -0.39 is 0 Å². The summed E-state index contributed by atoms with van der Waals surface area (Å²) in [6, 6.07) is 0. The number of aromatic nitrogens is 2. The van der Waals surface area contributed by atoms with Crippen LogP contribution in [-0.2, 0) is 11.2 Å². The van der Waals surface area contributed by atoms with Crippen molar-refractivity contribution in [2.45, 2.75) is 39.7 Å². The molecule has 0 aliphatic rings. The van der Waals surface area contributed by atoms with E-state index in [1.807, 2.05) is 20.9 Å². The molecular weight excluding hydrogens is 242 g/mol. The lowest BCUT2D eigenvalue weighted by atomic mass is 10.1. The fraction of sp³-hybridized carbons (Fsp3) is 0.692. The molecule has 0 saturated carbocycles. The van der Waals surface area contributed by atoms with Gasteiger partial charge in [0.15, 0.2) is 0 Å². The van der Waals surface area contributed by atoms with Crippen molar-refractivity contribution in [1.82, 2.24) is 9.97 Å². The van der Waals surface area contributed by atoms with Gasteiger partial charge in [-0.15, -0.1) is 0 Å². The second-order valence-corrected chi connectivity index (χ2v) is 4.76. The molecule has 0 amide bonds. The van der Waals surface area contributed by atoms with Crippen LogP contribution in [0.25, 0.3) is 0 Å². The number of rotatable bonds is 8. The first kappa shape index (κ1) is 15.7. The average Bonchev–Trinajstić information content (AvgIpc) is 2.38. The number of nitrogen functional groups attached to an aromatic ring is 1. The minimum atomic E-state index is 0.246. The van der Waals surface area contributed by atoms with Crippen LogP contribution >= 0.6 is 0 Å². The lowest BCUT2D eigenvalue weighted by Gasteiger charge is -2.22. The Morgan fingerprint density at radius 2 is 2.16 bits per heavy atom. The van der Waals surface area contributed by atoms with E-state index in [0.717, 1.165) is 30.8 Å². The van der Waals surface area contributed by atoms with Crippen molar-refractivity contribution < 1.29 is 4.74 Å². The first-order valence-electron chi connectivity index (χ1n) is 6.73. The molecule has 0 bridgehead atoms. The lowest BCUT2D eigenvalue weighted by molar-refractivity contribution is 0.0845. The van der Waals surface area contributed by atoms with Crippen LogP contribution in [-0.4, -0.2) is 36.3 Å². The average molecular weight is 267 g/mol. The Labute approximate surface area is 115 Å². The second-order valence-electron chi connectivity index (χ2n) is 4.76. The van der Waals surface area contributed by atoms with E-state index in [1.54, 1.807) is 0 Å². The number of hydrazine groups is 1. The van der Waals surface area contributed by atoms with Crippen LogP contribution < -0.4 is 16.2 Å². The summed E-state index contributed by atoms with van der Waals surface area (Å²) in [5, 5.41) is 0. The first-order chi connectivity index (χ1) is 9.10. The van der Waals surface area contributed by atoms with E-state index in [4.69, 9.17) is 10.6 Å². The van der Waals surface area contributed by atoms with Gasteiger partial charge in [0.25, 0.3) is 0 Å². The zero-order valence-corrected chi connectivity index (χ0v) is 12.3. The number of likely N-dealkylation sites (N-methyl/N-ethyl adjacent to an activating group) is 1. The fourth-order valence-corrected chi connectivity index (χ4v) is 1.87. The molecule has 1 heterocycles. The summed E-state index contributed by atoms with van der Waals surface area (Å²) in [5.74, 6) is 7.12. The van der Waals surface area contributed by atoms with Crippen molar-refractivity contribution in [3.05, 3.63) is 11.9 Å². The first-order valence-corrected chi connectivity index (χ1v) is 6.73. The standard InChI is InChI=1S/C13H25N5O/c1-5-6-11-12(17-14)15-9-16-13(11)18(4)7-8-19-10(2)3/h9-10H,5-8,14H2,1-4H3,(H,15,16,17). The highest BCUT2D eigenvalue weighted by Crippen LogP contribution is 2.23. The SMILES string of the molecule is CCCc1c(NN)ncnc1N(C)CCOC(C)C. The van der Waals surface area contributed by atoms with Crippen LogP contribution in [0.3, 0.4) is 0 Å². The summed E-state index contributed by atoms with van der Waals surface area (Å²) >= 11 is 0. The van der Waals surface area contributed by atoms with Crippen LogP contribution in [0.5, 0.6) is 0 Å². The van der Waals surface area contributed by atoms with E-state index in [0.29, 0.717) is 12.4 Å². The maximum atomic E-state index is 5.56. The molecule has 0 saturated heterocycles. The minimum Gasteiger partial charge on any atom is -0.377 e. The van der Waals surface area contributed by atoms with Gasteiger partial charge in [0.1, 0.15) is 18.0 Å². The van der Waals surface area contributed by atoms with Gasteiger partial charge in [0, 0.05) is 19.2 Å². The Bertz CT molecular complexity index is 383. The van der Waals surface area contributed by atoms with Gasteiger partial charge < -0.3 is 15.1 Å². The van der Waals surface area contributed by atoms with E-state index in [9.17, 15) is 0 Å². The predicted molar refractivity (Wildman–Crippen MR) is 78.2 cm³/mol. The van der Waals surface area contributed by atoms with Gasteiger partial charge in [-0.1, -0.05) is 13.3 Å². The molecule has 0 aliphatic heterocycles. The van der Waals surface area contributed by atoms with Crippen molar-refractivity contribution in [2.75, 3.05) is 30.5 Å². The van der Waals surface area contributed by atoms with E-state index in [-0.39, 0.29) is 6.10 Å². The molecule has 108 valence electrons. The highest BCUT2D eigenvalue weighted by molar-refractivity contribution is 5.58. The normalized spacial score (nSPS) is 10.8. The molecule has 6 nitrogen and oxygen atoms in total. The molecule has 0 aliphatic carbocycles. The Balaban J connectivity index is 2.79. The van der Waals surface area contributed by atoms with Crippen molar-refractivity contribution in [1.29, 1.82) is 0 Å². The number of nitrogens with two attached hydrogens (primary N) is 1. The Morgan fingerprint density at radius 1 is 1.42 bits per heavy atom. The highest BCUT2D eigenvalue weighted by atomic mass is 16.5. The quantitative estimate of drug-likeness (QED) is 0.550. The molecule has 1 aromatic heterocycles. The van der Waals surface area contributed by atoms with Gasteiger partial charge in [0.2, 0.25) is 0 Å². The van der Waals surface area contributed by atoms with Gasteiger partial charge in [-0.3, -0.25) is 0 Å². The van der Waals surface area contributed by atoms with E-state index in [1.165, 1.54) is 6.33 Å². The number of nitrogens with one attached hydrogen (secondary N) is 1. The molecule has 1 rings (SSSR count). The van der Waals surface area contributed by atoms with Crippen LogP contribution in [0.2, 0.25) is 0 Å². The third-order valence-electron chi connectivity index (χ3n) is 2.80. The molecule has 0 unspecified atom stereocenters. The summed E-state index contributed by atoms with van der Waals surface area (Å²) in [4.78, 5) is 10.6. The molecule has 19 heavy (non-hydrogen) atoms. The van der Waals surface area contributed by atoms with Gasteiger partial charge in [0.05, 0.1) is 12.7 Å². The molecule has 0 aromatic carbocycles. The summed E-state index contributed by atoms with van der Waals surface area (Å²) in [5.41, 5.74) is 3.70. The molecule has 0 radical (unpaired) electrons. The molecule has 0 fully saturated rings. The zero-order valence-electron chi connectivity index (χ0n) is 12.3.